The van der Waals surface area contributed by atoms with Gasteiger partial charge in [0, 0.05) is 10.6 Å². The fourth-order valence-corrected chi connectivity index (χ4v) is 4.34. The summed E-state index contributed by atoms with van der Waals surface area (Å²) in [5.74, 6) is 0.200. The Labute approximate surface area is 162 Å². The molecule has 1 atom stereocenters. The van der Waals surface area contributed by atoms with Crippen molar-refractivity contribution >= 4 is 40.3 Å². The predicted octanol–water partition coefficient (Wildman–Crippen LogP) is 4.34. The molecule has 3 rings (SSSR count). The number of amides is 1. The van der Waals surface area contributed by atoms with Crippen LogP contribution >= 0.6 is 23.6 Å². The van der Waals surface area contributed by atoms with Crippen LogP contribution in [0.3, 0.4) is 0 Å². The molecular weight excluding hydrogens is 369 g/mol. The lowest BCUT2D eigenvalue weighted by Crippen LogP contribution is -2.43. The zero-order valence-electron chi connectivity index (χ0n) is 14.8. The molecule has 7 heteroatoms. The number of carbonyl (C=O) groups excluding carboxylic acids is 1. The Hall–Kier alpha value is -1.99. The molecule has 0 spiro atoms. The van der Waals surface area contributed by atoms with Gasteiger partial charge in [0.15, 0.2) is 5.11 Å². The average Bonchev–Trinajstić information content (AvgIpc) is 3.06. The molecule has 0 unspecified atom stereocenters. The summed E-state index contributed by atoms with van der Waals surface area (Å²) < 4.78 is 13.6. The van der Waals surface area contributed by atoms with Crippen molar-refractivity contribution in [1.29, 1.82) is 0 Å². The van der Waals surface area contributed by atoms with Gasteiger partial charge in [-0.1, -0.05) is 19.4 Å². The number of aryl methyl sites for hydroxylation is 2. The molecule has 1 aliphatic rings. The first kappa shape index (κ1) is 18.8. The molecule has 1 amide bonds. The fraction of sp³-hybridized carbons (Fsp3) is 0.368. The Morgan fingerprint density at radius 1 is 1.35 bits per heavy atom. The second-order valence-electron chi connectivity index (χ2n) is 6.57. The van der Waals surface area contributed by atoms with Gasteiger partial charge in [-0.05, 0) is 73.6 Å². The number of rotatable bonds is 3. The van der Waals surface area contributed by atoms with E-state index < -0.39 is 0 Å². The Morgan fingerprint density at radius 2 is 2.15 bits per heavy atom. The molecule has 0 saturated carbocycles. The van der Waals surface area contributed by atoms with Gasteiger partial charge in [0.1, 0.15) is 5.82 Å². The second kappa shape index (κ2) is 8.14. The zero-order valence-corrected chi connectivity index (χ0v) is 16.5. The van der Waals surface area contributed by atoms with Gasteiger partial charge < -0.3 is 5.32 Å². The molecule has 3 N–H and O–H groups in total. The van der Waals surface area contributed by atoms with E-state index in [1.807, 2.05) is 6.07 Å². The van der Waals surface area contributed by atoms with Gasteiger partial charge >= 0.3 is 0 Å². The van der Waals surface area contributed by atoms with Gasteiger partial charge in [-0.15, -0.1) is 11.3 Å². The number of hydrogen-bond acceptors (Lipinski definition) is 3. The van der Waals surface area contributed by atoms with E-state index in [-0.39, 0.29) is 16.8 Å². The molecular formula is C19H22FN3OS2. The SMILES string of the molecule is CC[C@@H]1CCc2sc(C(=O)NNC(=S)Nc3ccc(C)c(F)c3)cc2C1. The third-order valence-corrected chi connectivity index (χ3v) is 6.15. The molecule has 2 aromatic rings. The topological polar surface area (TPSA) is 53.2 Å². The number of thiophene rings is 1. The summed E-state index contributed by atoms with van der Waals surface area (Å²) in [4.78, 5) is 14.4. The van der Waals surface area contributed by atoms with Gasteiger partial charge in [-0.3, -0.25) is 15.6 Å². The maximum atomic E-state index is 13.6. The minimum Gasteiger partial charge on any atom is -0.331 e. The van der Waals surface area contributed by atoms with Crippen LogP contribution in [0.2, 0.25) is 0 Å². The molecule has 0 saturated heterocycles. The monoisotopic (exact) mass is 391 g/mol. The van der Waals surface area contributed by atoms with Crippen molar-refractivity contribution < 1.29 is 9.18 Å². The van der Waals surface area contributed by atoms with E-state index >= 15 is 0 Å². The lowest BCUT2D eigenvalue weighted by atomic mass is 9.87. The molecule has 1 aromatic heterocycles. The van der Waals surface area contributed by atoms with Gasteiger partial charge in [0.2, 0.25) is 0 Å². The van der Waals surface area contributed by atoms with Crippen LogP contribution in [0, 0.1) is 18.7 Å². The number of thiocarbonyl (C=S) groups is 1. The van der Waals surface area contributed by atoms with E-state index in [2.05, 4.69) is 23.1 Å². The highest BCUT2D eigenvalue weighted by Crippen LogP contribution is 2.33. The molecule has 0 bridgehead atoms. The minimum absolute atomic E-state index is 0.203. The number of hydrogen-bond donors (Lipinski definition) is 3. The van der Waals surface area contributed by atoms with Crippen LogP contribution in [0.1, 0.15) is 45.4 Å². The molecule has 0 aliphatic heterocycles. The first-order valence-electron chi connectivity index (χ1n) is 8.71. The van der Waals surface area contributed by atoms with Crippen LogP contribution in [-0.4, -0.2) is 11.0 Å². The lowest BCUT2D eigenvalue weighted by molar-refractivity contribution is 0.0948. The Balaban J connectivity index is 1.54. The van der Waals surface area contributed by atoms with Gasteiger partial charge in [0.05, 0.1) is 4.88 Å². The maximum Gasteiger partial charge on any atom is 0.279 e. The Morgan fingerprint density at radius 3 is 2.88 bits per heavy atom. The minimum atomic E-state index is -0.309. The van der Waals surface area contributed by atoms with E-state index in [4.69, 9.17) is 12.2 Å². The number of anilines is 1. The quantitative estimate of drug-likeness (QED) is 0.538. The summed E-state index contributed by atoms with van der Waals surface area (Å²) in [5.41, 5.74) is 7.66. The third kappa shape index (κ3) is 4.40. The van der Waals surface area contributed by atoms with Crippen molar-refractivity contribution in [3.05, 3.63) is 51.0 Å². The molecule has 1 heterocycles. The second-order valence-corrected chi connectivity index (χ2v) is 8.12. The summed E-state index contributed by atoms with van der Waals surface area (Å²) in [5, 5.41) is 3.05. The highest BCUT2D eigenvalue weighted by Gasteiger charge is 2.22. The van der Waals surface area contributed by atoms with Crippen LogP contribution in [0.4, 0.5) is 10.1 Å². The zero-order chi connectivity index (χ0) is 18.7. The molecule has 4 nitrogen and oxygen atoms in total. The number of fused-ring (bicyclic) bond motifs is 1. The third-order valence-electron chi connectivity index (χ3n) is 4.71. The largest absolute Gasteiger partial charge is 0.331 e. The van der Waals surface area contributed by atoms with Crippen LogP contribution in [0.25, 0.3) is 0 Å². The summed E-state index contributed by atoms with van der Waals surface area (Å²) in [6.07, 6.45) is 4.49. The summed E-state index contributed by atoms with van der Waals surface area (Å²) in [6.45, 7) is 3.91. The van der Waals surface area contributed by atoms with E-state index in [9.17, 15) is 9.18 Å². The maximum absolute atomic E-state index is 13.6. The van der Waals surface area contributed by atoms with E-state index in [1.165, 1.54) is 29.3 Å². The highest BCUT2D eigenvalue weighted by atomic mass is 32.1. The standard InChI is InChI=1S/C19H22FN3OS2/c1-3-12-5-7-16-13(8-12)9-17(26-16)18(24)22-23-19(25)21-14-6-4-11(2)15(20)10-14/h4,6,9-10,12H,3,5,7-8H2,1-2H3,(H,22,24)(H2,21,23,25)/t12-/m1/s1. The van der Waals surface area contributed by atoms with Gasteiger partial charge in [0.25, 0.3) is 5.91 Å². The molecule has 0 fully saturated rings. The van der Waals surface area contributed by atoms with E-state index in [0.717, 1.165) is 18.8 Å². The number of nitrogens with one attached hydrogen (secondary N) is 3. The number of hydrazine groups is 1. The number of halogens is 1. The predicted molar refractivity (Wildman–Crippen MR) is 108 cm³/mol. The van der Waals surface area contributed by atoms with Crippen LogP contribution in [-0.2, 0) is 12.8 Å². The van der Waals surface area contributed by atoms with Crippen LogP contribution in [0.15, 0.2) is 24.3 Å². The molecule has 1 aromatic carbocycles. The van der Waals surface area contributed by atoms with Crippen LogP contribution < -0.4 is 16.2 Å². The fourth-order valence-electron chi connectivity index (χ4n) is 3.07. The molecule has 0 radical (unpaired) electrons. The van der Waals surface area contributed by atoms with E-state index in [1.54, 1.807) is 30.4 Å². The van der Waals surface area contributed by atoms with Crippen molar-refractivity contribution in [2.75, 3.05) is 5.32 Å². The van der Waals surface area contributed by atoms with Crippen LogP contribution in [0.5, 0.6) is 0 Å². The molecule has 1 aliphatic carbocycles. The van der Waals surface area contributed by atoms with Gasteiger partial charge in [-0.25, -0.2) is 4.39 Å². The Bertz CT molecular complexity index is 834. The molecule has 26 heavy (non-hydrogen) atoms. The number of carbonyl (C=O) groups is 1. The first-order chi connectivity index (χ1) is 12.5. The normalized spacial score (nSPS) is 15.9. The summed E-state index contributed by atoms with van der Waals surface area (Å²) >= 11 is 6.69. The van der Waals surface area contributed by atoms with Crippen molar-refractivity contribution in [3.63, 3.8) is 0 Å². The smallest absolute Gasteiger partial charge is 0.279 e. The lowest BCUT2D eigenvalue weighted by Gasteiger charge is -2.19. The number of benzene rings is 1. The summed E-state index contributed by atoms with van der Waals surface area (Å²) in [7, 11) is 0. The summed E-state index contributed by atoms with van der Waals surface area (Å²) in [6, 6.07) is 6.75. The molecule has 138 valence electrons. The van der Waals surface area contributed by atoms with Crippen molar-refractivity contribution in [3.8, 4) is 0 Å². The van der Waals surface area contributed by atoms with Crippen molar-refractivity contribution in [1.82, 2.24) is 10.9 Å². The van der Waals surface area contributed by atoms with Crippen molar-refractivity contribution in [2.24, 2.45) is 5.92 Å². The van der Waals surface area contributed by atoms with Gasteiger partial charge in [-0.2, -0.15) is 0 Å². The highest BCUT2D eigenvalue weighted by molar-refractivity contribution is 7.80. The van der Waals surface area contributed by atoms with E-state index in [0.29, 0.717) is 16.1 Å². The first-order valence-corrected chi connectivity index (χ1v) is 9.93. The van der Waals surface area contributed by atoms with Crippen molar-refractivity contribution in [2.45, 2.75) is 39.5 Å². The average molecular weight is 392 g/mol. The Kier molecular flexibility index (Phi) is 5.88.